The highest BCUT2D eigenvalue weighted by Gasteiger charge is 2.18. The molecule has 0 bridgehead atoms. The summed E-state index contributed by atoms with van der Waals surface area (Å²) in [6, 6.07) is 3.44. The van der Waals surface area contributed by atoms with E-state index in [-0.39, 0.29) is 5.69 Å². The summed E-state index contributed by atoms with van der Waals surface area (Å²) in [5.41, 5.74) is -2.13. The molecule has 23 heavy (non-hydrogen) atoms. The molecule has 10 heteroatoms. The first-order valence-corrected chi connectivity index (χ1v) is 7.64. The number of methoxy groups -OCH3 is 1. The lowest BCUT2D eigenvalue weighted by Crippen LogP contribution is -2.25. The predicted octanol–water partition coefficient (Wildman–Crippen LogP) is 2.68. The molecular weight excluding hydrogens is 438 g/mol. The summed E-state index contributed by atoms with van der Waals surface area (Å²) in [7, 11) is 1.52. The number of aromatic nitrogens is 2. The van der Waals surface area contributed by atoms with Crippen LogP contribution in [0.15, 0.2) is 30.7 Å². The molecular formula is C13H9Br2N3O5. The highest BCUT2D eigenvalue weighted by molar-refractivity contribution is 9.11. The summed E-state index contributed by atoms with van der Waals surface area (Å²) in [4.78, 5) is 37.0. The monoisotopic (exact) mass is 445 g/mol. The number of H-pyrrole nitrogens is 2. The van der Waals surface area contributed by atoms with Crippen molar-refractivity contribution in [3.8, 4) is 5.75 Å². The van der Waals surface area contributed by atoms with E-state index in [0.29, 0.717) is 20.3 Å². The number of benzene rings is 1. The third kappa shape index (κ3) is 3.77. The maximum absolute atomic E-state index is 11.5. The lowest BCUT2D eigenvalue weighted by atomic mass is 10.2. The molecule has 0 fully saturated rings. The van der Waals surface area contributed by atoms with Crippen LogP contribution >= 0.6 is 31.9 Å². The Kier molecular flexibility index (Phi) is 5.16. The molecule has 0 saturated heterocycles. The van der Waals surface area contributed by atoms with Crippen LogP contribution < -0.4 is 16.0 Å². The van der Waals surface area contributed by atoms with Crippen molar-refractivity contribution in [2.24, 2.45) is 0 Å². The van der Waals surface area contributed by atoms with Crippen molar-refractivity contribution in [3.63, 3.8) is 0 Å². The minimum absolute atomic E-state index is 0.188. The molecule has 0 aliphatic heterocycles. The summed E-state index contributed by atoms with van der Waals surface area (Å²) < 4.78 is 6.51. The number of ether oxygens (including phenoxy) is 1. The van der Waals surface area contributed by atoms with Gasteiger partial charge in [0.1, 0.15) is 11.4 Å². The summed E-state index contributed by atoms with van der Waals surface area (Å²) in [5.74, 6) is 0.595. The molecule has 0 spiro atoms. The molecule has 1 heterocycles. The first-order chi connectivity index (χ1) is 10.8. The van der Waals surface area contributed by atoms with Crippen LogP contribution in [0, 0.1) is 10.1 Å². The summed E-state index contributed by atoms with van der Waals surface area (Å²) in [6.45, 7) is 0. The fourth-order valence-corrected chi connectivity index (χ4v) is 3.40. The standard InChI is InChI=1S/C13H9Br2N3O5/c1-23-11-7(14)4-6(5-8(11)15)2-3-9-10(18(21)22)12(19)17-13(20)16-9/h2-5H,1H3,(H2,16,17,19,20). The number of hydrogen-bond acceptors (Lipinski definition) is 5. The van der Waals surface area contributed by atoms with Gasteiger partial charge in [0.2, 0.25) is 0 Å². The smallest absolute Gasteiger partial charge is 0.357 e. The van der Waals surface area contributed by atoms with Crippen molar-refractivity contribution in [1.82, 2.24) is 9.97 Å². The molecule has 0 saturated carbocycles. The molecule has 1 aromatic carbocycles. The maximum atomic E-state index is 11.5. The molecule has 0 aliphatic rings. The van der Waals surface area contributed by atoms with Crippen LogP contribution in [-0.4, -0.2) is 22.0 Å². The van der Waals surface area contributed by atoms with Gasteiger partial charge in [-0.3, -0.25) is 19.9 Å². The second-order valence-electron chi connectivity index (χ2n) is 4.28. The number of rotatable bonds is 4. The molecule has 2 aromatic rings. The number of aromatic amines is 2. The zero-order valence-corrected chi connectivity index (χ0v) is 14.7. The minimum Gasteiger partial charge on any atom is -0.494 e. The number of hydrogen-bond donors (Lipinski definition) is 2. The van der Waals surface area contributed by atoms with Gasteiger partial charge in [-0.05, 0) is 55.6 Å². The zero-order chi connectivity index (χ0) is 17.1. The highest BCUT2D eigenvalue weighted by atomic mass is 79.9. The van der Waals surface area contributed by atoms with E-state index in [1.165, 1.54) is 19.3 Å². The molecule has 8 nitrogen and oxygen atoms in total. The van der Waals surface area contributed by atoms with Crippen molar-refractivity contribution >= 4 is 49.7 Å². The topological polar surface area (TPSA) is 118 Å². The van der Waals surface area contributed by atoms with E-state index >= 15 is 0 Å². The van der Waals surface area contributed by atoms with Gasteiger partial charge >= 0.3 is 16.9 Å². The SMILES string of the molecule is COc1c(Br)cc(C=Cc2[nH]c(=O)[nH]c(=O)c2[N+](=O)[O-])cc1Br. The Morgan fingerprint density at radius 3 is 2.30 bits per heavy atom. The van der Waals surface area contributed by atoms with Crippen molar-refractivity contribution in [2.45, 2.75) is 0 Å². The van der Waals surface area contributed by atoms with Crippen LogP contribution in [0.4, 0.5) is 5.69 Å². The van der Waals surface area contributed by atoms with Gasteiger partial charge in [-0.15, -0.1) is 0 Å². The fraction of sp³-hybridized carbons (Fsp3) is 0.0769. The molecule has 0 amide bonds. The molecule has 2 rings (SSSR count). The van der Waals surface area contributed by atoms with Gasteiger partial charge in [-0.2, -0.15) is 0 Å². The van der Waals surface area contributed by atoms with E-state index in [4.69, 9.17) is 4.74 Å². The van der Waals surface area contributed by atoms with Crippen LogP contribution in [0.1, 0.15) is 11.3 Å². The summed E-state index contributed by atoms with van der Waals surface area (Å²) in [5, 5.41) is 11.0. The second kappa shape index (κ2) is 6.92. The van der Waals surface area contributed by atoms with Gasteiger partial charge in [0.25, 0.3) is 0 Å². The van der Waals surface area contributed by atoms with Gasteiger partial charge in [0, 0.05) is 0 Å². The molecule has 120 valence electrons. The molecule has 0 aliphatic carbocycles. The highest BCUT2D eigenvalue weighted by Crippen LogP contribution is 2.34. The maximum Gasteiger partial charge on any atom is 0.357 e. The van der Waals surface area contributed by atoms with Gasteiger partial charge in [-0.25, -0.2) is 4.79 Å². The average Bonchev–Trinajstić information content (AvgIpc) is 2.43. The van der Waals surface area contributed by atoms with Crippen molar-refractivity contribution in [1.29, 1.82) is 0 Å². The van der Waals surface area contributed by atoms with E-state index in [9.17, 15) is 19.7 Å². The van der Waals surface area contributed by atoms with Crippen LogP contribution in [0.5, 0.6) is 5.75 Å². The number of nitro groups is 1. The third-order valence-corrected chi connectivity index (χ3v) is 3.97. The van der Waals surface area contributed by atoms with Gasteiger partial charge in [0.05, 0.1) is 21.0 Å². The second-order valence-corrected chi connectivity index (χ2v) is 5.99. The van der Waals surface area contributed by atoms with Crippen molar-refractivity contribution in [3.05, 3.63) is 63.3 Å². The molecule has 0 radical (unpaired) electrons. The van der Waals surface area contributed by atoms with E-state index < -0.39 is 21.9 Å². The van der Waals surface area contributed by atoms with E-state index in [1.807, 2.05) is 4.98 Å². The predicted molar refractivity (Wildman–Crippen MR) is 91.7 cm³/mol. The fourth-order valence-electron chi connectivity index (χ4n) is 1.85. The number of halogens is 2. The van der Waals surface area contributed by atoms with Crippen LogP contribution in [0.25, 0.3) is 12.2 Å². The third-order valence-electron chi connectivity index (χ3n) is 2.80. The Labute approximate surface area is 145 Å². The Hall–Kier alpha value is -2.20. The minimum atomic E-state index is -1.06. The van der Waals surface area contributed by atoms with Gasteiger partial charge in [0.15, 0.2) is 0 Å². The van der Waals surface area contributed by atoms with Crippen LogP contribution in [0.2, 0.25) is 0 Å². The largest absolute Gasteiger partial charge is 0.494 e. The summed E-state index contributed by atoms with van der Waals surface area (Å²) in [6.07, 6.45) is 2.81. The Morgan fingerprint density at radius 1 is 1.17 bits per heavy atom. The Balaban J connectivity index is 2.51. The number of nitrogens with zero attached hydrogens (tertiary/aromatic N) is 1. The number of nitrogens with one attached hydrogen (secondary N) is 2. The van der Waals surface area contributed by atoms with E-state index in [2.05, 4.69) is 36.8 Å². The first kappa shape index (κ1) is 17.2. The van der Waals surface area contributed by atoms with Gasteiger partial charge < -0.3 is 9.72 Å². The average molecular weight is 447 g/mol. The molecule has 0 atom stereocenters. The zero-order valence-electron chi connectivity index (χ0n) is 11.6. The van der Waals surface area contributed by atoms with Gasteiger partial charge in [-0.1, -0.05) is 6.08 Å². The quantitative estimate of drug-likeness (QED) is 0.552. The van der Waals surface area contributed by atoms with Crippen LogP contribution in [-0.2, 0) is 0 Å². The molecule has 2 N–H and O–H groups in total. The Bertz CT molecular complexity index is 894. The van der Waals surface area contributed by atoms with Crippen LogP contribution in [0.3, 0.4) is 0 Å². The van der Waals surface area contributed by atoms with Crippen molar-refractivity contribution in [2.75, 3.05) is 7.11 Å². The lowest BCUT2D eigenvalue weighted by molar-refractivity contribution is -0.386. The normalized spacial score (nSPS) is 10.9. The first-order valence-electron chi connectivity index (χ1n) is 6.05. The summed E-state index contributed by atoms with van der Waals surface area (Å²) >= 11 is 6.67. The van der Waals surface area contributed by atoms with E-state index in [0.717, 1.165) is 0 Å². The van der Waals surface area contributed by atoms with Crippen molar-refractivity contribution < 1.29 is 9.66 Å². The van der Waals surface area contributed by atoms with E-state index in [1.54, 1.807) is 12.1 Å². The molecule has 0 unspecified atom stereocenters. The lowest BCUT2D eigenvalue weighted by Gasteiger charge is -2.07. The molecule has 1 aromatic heterocycles. The Morgan fingerprint density at radius 2 is 1.78 bits per heavy atom.